The molecule has 9 rings (SSSR count). The number of rotatable bonds is 4. The molecule has 1 aliphatic heterocycles. The summed E-state index contributed by atoms with van der Waals surface area (Å²) < 4.78 is 13.0. The van der Waals surface area contributed by atoms with E-state index in [4.69, 9.17) is 9.15 Å². The average molecular weight is 554 g/mol. The molecule has 1 aliphatic carbocycles. The normalized spacial score (nSPS) is 17.1. The lowest BCUT2D eigenvalue weighted by molar-refractivity contribution is 0.268. The van der Waals surface area contributed by atoms with Gasteiger partial charge in [0.25, 0.3) is 0 Å². The minimum Gasteiger partial charge on any atom is -0.485 e. The first-order chi connectivity index (χ1) is 21.3. The molecule has 2 aliphatic rings. The first kappa shape index (κ1) is 24.1. The van der Waals surface area contributed by atoms with E-state index >= 15 is 0 Å². The minimum absolute atomic E-state index is 0.0589. The fourth-order valence-corrected chi connectivity index (χ4v) is 6.92. The lowest BCUT2D eigenvalue weighted by atomic mass is 9.85. The van der Waals surface area contributed by atoms with Gasteiger partial charge in [0.05, 0.1) is 11.1 Å². The smallest absolute Gasteiger partial charge is 0.137 e. The van der Waals surface area contributed by atoms with Crippen LogP contribution in [0.3, 0.4) is 0 Å². The van der Waals surface area contributed by atoms with Gasteiger partial charge in [-0.2, -0.15) is 0 Å². The van der Waals surface area contributed by atoms with Crippen LogP contribution in [0.1, 0.15) is 11.5 Å². The highest BCUT2D eigenvalue weighted by Gasteiger charge is 2.37. The van der Waals surface area contributed by atoms with Gasteiger partial charge in [-0.05, 0) is 76.5 Å². The first-order valence-corrected chi connectivity index (χ1v) is 14.8. The van der Waals surface area contributed by atoms with Gasteiger partial charge in [-0.25, -0.2) is 0 Å². The number of benzene rings is 6. The Morgan fingerprint density at radius 3 is 2.14 bits per heavy atom. The van der Waals surface area contributed by atoms with Crippen molar-refractivity contribution in [2.45, 2.75) is 12.0 Å². The van der Waals surface area contributed by atoms with Crippen LogP contribution in [0.15, 0.2) is 162 Å². The topological polar surface area (TPSA) is 25.6 Å². The zero-order chi connectivity index (χ0) is 28.3. The third-order valence-electron chi connectivity index (χ3n) is 8.78. The van der Waals surface area contributed by atoms with Crippen molar-refractivity contribution in [2.75, 3.05) is 4.90 Å². The van der Waals surface area contributed by atoms with Crippen LogP contribution in [0, 0.1) is 0 Å². The lowest BCUT2D eigenvalue weighted by Gasteiger charge is -2.30. The van der Waals surface area contributed by atoms with Gasteiger partial charge in [0.1, 0.15) is 23.0 Å². The molecule has 3 nitrogen and oxygen atoms in total. The Balaban J connectivity index is 1.25. The maximum absolute atomic E-state index is 6.67. The van der Waals surface area contributed by atoms with Gasteiger partial charge in [0, 0.05) is 28.3 Å². The van der Waals surface area contributed by atoms with Crippen molar-refractivity contribution < 1.29 is 9.15 Å². The minimum atomic E-state index is -0.0589. The van der Waals surface area contributed by atoms with Gasteiger partial charge in [-0.15, -0.1) is 0 Å². The Kier molecular flexibility index (Phi) is 5.32. The molecular formula is C40H27NO2. The predicted octanol–water partition coefficient (Wildman–Crippen LogP) is 10.5. The Morgan fingerprint density at radius 2 is 1.30 bits per heavy atom. The van der Waals surface area contributed by atoms with Gasteiger partial charge in [-0.1, -0.05) is 97.1 Å². The molecule has 0 N–H and O–H groups in total. The molecule has 3 heteroatoms. The summed E-state index contributed by atoms with van der Waals surface area (Å²) in [6.45, 7) is 0. The third-order valence-corrected chi connectivity index (χ3v) is 8.78. The summed E-state index contributed by atoms with van der Waals surface area (Å²) in [4.78, 5) is 2.36. The molecule has 6 aromatic carbocycles. The van der Waals surface area contributed by atoms with Crippen LogP contribution in [-0.2, 0) is 0 Å². The monoisotopic (exact) mass is 553 g/mol. The van der Waals surface area contributed by atoms with Gasteiger partial charge in [0.2, 0.25) is 0 Å². The van der Waals surface area contributed by atoms with Gasteiger partial charge >= 0.3 is 0 Å². The van der Waals surface area contributed by atoms with E-state index in [1.807, 2.05) is 12.1 Å². The first-order valence-electron chi connectivity index (χ1n) is 14.8. The highest BCUT2D eigenvalue weighted by atomic mass is 16.5. The highest BCUT2D eigenvalue weighted by Crippen LogP contribution is 2.50. The summed E-state index contributed by atoms with van der Waals surface area (Å²) in [6.07, 6.45) is 6.76. The molecule has 7 aromatic rings. The summed E-state index contributed by atoms with van der Waals surface area (Å²) in [5.74, 6) is 1.04. The number of anilines is 2. The largest absolute Gasteiger partial charge is 0.485 e. The van der Waals surface area contributed by atoms with Crippen molar-refractivity contribution in [1.29, 1.82) is 0 Å². The summed E-state index contributed by atoms with van der Waals surface area (Å²) in [6, 6.07) is 46.8. The van der Waals surface area contributed by atoms with E-state index in [1.54, 1.807) is 0 Å². The lowest BCUT2D eigenvalue weighted by Crippen LogP contribution is -2.23. The Hall–Kier alpha value is -5.54. The average Bonchev–Trinajstić information content (AvgIpc) is 3.64. The number of nitrogens with zero attached hydrogens (tertiary/aromatic N) is 1. The fraction of sp³-hybridized carbons (Fsp3) is 0.0500. The number of para-hydroxylation sites is 2. The van der Waals surface area contributed by atoms with Gasteiger partial charge in [-0.3, -0.25) is 0 Å². The Labute approximate surface area is 249 Å². The molecule has 2 unspecified atom stereocenters. The van der Waals surface area contributed by atoms with E-state index in [9.17, 15) is 0 Å². The molecule has 2 atom stereocenters. The van der Waals surface area contributed by atoms with Crippen molar-refractivity contribution in [2.24, 2.45) is 0 Å². The molecule has 0 fully saturated rings. The third kappa shape index (κ3) is 3.75. The molecule has 2 heterocycles. The summed E-state index contributed by atoms with van der Waals surface area (Å²) >= 11 is 0. The van der Waals surface area contributed by atoms with Crippen molar-refractivity contribution >= 4 is 44.1 Å². The summed E-state index contributed by atoms with van der Waals surface area (Å²) in [5.41, 5.74) is 8.72. The molecule has 0 spiro atoms. The van der Waals surface area contributed by atoms with Crippen molar-refractivity contribution in [3.63, 3.8) is 0 Å². The van der Waals surface area contributed by atoms with Crippen LogP contribution in [0.25, 0.3) is 43.8 Å². The van der Waals surface area contributed by atoms with Crippen molar-refractivity contribution in [1.82, 2.24) is 0 Å². The van der Waals surface area contributed by atoms with E-state index in [0.717, 1.165) is 44.8 Å². The SMILES string of the molecule is C1=CC2Oc3cc(-c4ccccc4)c4ccccc4c3C2C=C1N(c1ccccc1)c1cccc2oc3ccccc3c12. The zero-order valence-corrected chi connectivity index (χ0v) is 23.4. The Morgan fingerprint density at radius 1 is 0.605 bits per heavy atom. The number of furan rings is 1. The summed E-state index contributed by atoms with van der Waals surface area (Å²) in [7, 11) is 0. The number of allylic oxidation sites excluding steroid dienone is 1. The van der Waals surface area contributed by atoms with E-state index in [0.29, 0.717) is 0 Å². The highest BCUT2D eigenvalue weighted by molar-refractivity contribution is 6.12. The maximum Gasteiger partial charge on any atom is 0.137 e. The van der Waals surface area contributed by atoms with E-state index in [2.05, 4.69) is 144 Å². The number of fused-ring (bicyclic) bond motifs is 8. The van der Waals surface area contributed by atoms with Crippen LogP contribution < -0.4 is 9.64 Å². The zero-order valence-electron chi connectivity index (χ0n) is 23.4. The Bertz CT molecular complexity index is 2230. The standard InChI is InChI=1S/C40H27NO2/c1-3-12-26(13-4-1)32-25-38-39(30-17-8-7-16-29(30)32)33-24-28(22-23-36(33)43-38)41(27-14-5-2-6-15-27)34-19-11-21-37-40(34)31-18-9-10-20-35(31)42-37/h1-25,33,36H. The second kappa shape index (κ2) is 9.50. The van der Waals surface area contributed by atoms with Gasteiger partial charge in [0.15, 0.2) is 0 Å². The second-order valence-electron chi connectivity index (χ2n) is 11.2. The van der Waals surface area contributed by atoms with Crippen molar-refractivity contribution in [3.05, 3.63) is 163 Å². The van der Waals surface area contributed by atoms with E-state index < -0.39 is 0 Å². The number of hydrogen-bond donors (Lipinski definition) is 0. The fourth-order valence-electron chi connectivity index (χ4n) is 6.92. The molecule has 0 radical (unpaired) electrons. The second-order valence-corrected chi connectivity index (χ2v) is 11.2. The molecular weight excluding hydrogens is 526 g/mol. The molecule has 204 valence electrons. The van der Waals surface area contributed by atoms with Crippen LogP contribution in [-0.4, -0.2) is 6.10 Å². The van der Waals surface area contributed by atoms with Crippen LogP contribution in [0.4, 0.5) is 11.4 Å². The van der Waals surface area contributed by atoms with Crippen LogP contribution in [0.2, 0.25) is 0 Å². The number of hydrogen-bond acceptors (Lipinski definition) is 3. The van der Waals surface area contributed by atoms with Gasteiger partial charge < -0.3 is 14.1 Å². The van der Waals surface area contributed by atoms with Crippen molar-refractivity contribution in [3.8, 4) is 16.9 Å². The quantitative estimate of drug-likeness (QED) is 0.217. The molecule has 1 aromatic heterocycles. The molecule has 0 amide bonds. The molecule has 43 heavy (non-hydrogen) atoms. The predicted molar refractivity (Wildman–Crippen MR) is 176 cm³/mol. The molecule has 0 bridgehead atoms. The number of ether oxygens (including phenoxy) is 1. The van der Waals surface area contributed by atoms with E-state index in [-0.39, 0.29) is 12.0 Å². The molecule has 0 saturated heterocycles. The molecule has 0 saturated carbocycles. The van der Waals surface area contributed by atoms with E-state index in [1.165, 1.54) is 27.5 Å². The maximum atomic E-state index is 6.67. The summed E-state index contributed by atoms with van der Waals surface area (Å²) in [5, 5.41) is 4.71. The van der Waals surface area contributed by atoms with Crippen LogP contribution >= 0.6 is 0 Å². The van der Waals surface area contributed by atoms with Crippen LogP contribution in [0.5, 0.6) is 5.75 Å².